The van der Waals surface area contributed by atoms with Gasteiger partial charge in [-0.25, -0.2) is 4.79 Å². The van der Waals surface area contributed by atoms with E-state index in [-0.39, 0.29) is 0 Å². The first-order valence-corrected chi connectivity index (χ1v) is 2.10. The van der Waals surface area contributed by atoms with Gasteiger partial charge in [-0.05, 0) is 13.0 Å². The SMILES string of the molecule is C=CC(C)(O)C(=O)O. The molecule has 0 aromatic carbocycles. The second kappa shape index (κ2) is 1.96. The van der Waals surface area contributed by atoms with Crippen molar-refractivity contribution in [1.29, 1.82) is 0 Å². The fourth-order valence-electron chi connectivity index (χ4n) is 0.0873. The van der Waals surface area contributed by atoms with Crippen molar-refractivity contribution in [3.05, 3.63) is 12.7 Å². The monoisotopic (exact) mass is 116 g/mol. The Balaban J connectivity index is 4.12. The van der Waals surface area contributed by atoms with Gasteiger partial charge in [-0.2, -0.15) is 0 Å². The van der Waals surface area contributed by atoms with E-state index in [2.05, 4.69) is 6.58 Å². The summed E-state index contributed by atoms with van der Waals surface area (Å²) in [5.74, 6) is -1.28. The van der Waals surface area contributed by atoms with Crippen LogP contribution in [0.15, 0.2) is 12.7 Å². The van der Waals surface area contributed by atoms with Crippen LogP contribution >= 0.6 is 0 Å². The molecule has 0 spiro atoms. The van der Waals surface area contributed by atoms with E-state index >= 15 is 0 Å². The van der Waals surface area contributed by atoms with Gasteiger partial charge in [0, 0.05) is 0 Å². The number of aliphatic carboxylic acids is 1. The summed E-state index contributed by atoms with van der Waals surface area (Å²) in [6.45, 7) is 4.28. The van der Waals surface area contributed by atoms with E-state index in [4.69, 9.17) is 10.2 Å². The largest absolute Gasteiger partial charge is 0.479 e. The molecule has 0 aliphatic rings. The van der Waals surface area contributed by atoms with E-state index in [9.17, 15) is 4.79 Å². The summed E-state index contributed by atoms with van der Waals surface area (Å²) in [5, 5.41) is 16.8. The molecule has 2 N–H and O–H groups in total. The molecule has 0 amide bonds. The molecule has 46 valence electrons. The lowest BCUT2D eigenvalue weighted by molar-refractivity contribution is -0.151. The summed E-state index contributed by atoms with van der Waals surface area (Å²) in [6, 6.07) is 0. The first kappa shape index (κ1) is 7.17. The van der Waals surface area contributed by atoms with Crippen molar-refractivity contribution in [2.45, 2.75) is 12.5 Å². The van der Waals surface area contributed by atoms with Crippen LogP contribution in [-0.4, -0.2) is 21.8 Å². The standard InChI is InChI=1S/C5H8O3/c1-3-5(2,8)4(6)7/h3,8H,1H2,2H3,(H,6,7). The minimum atomic E-state index is -1.78. The highest BCUT2D eigenvalue weighted by atomic mass is 16.4. The topological polar surface area (TPSA) is 57.5 Å². The molecule has 3 nitrogen and oxygen atoms in total. The van der Waals surface area contributed by atoms with Crippen LogP contribution < -0.4 is 0 Å². The molecule has 0 saturated heterocycles. The molecule has 3 heteroatoms. The van der Waals surface area contributed by atoms with Gasteiger partial charge < -0.3 is 10.2 Å². The highest BCUT2D eigenvalue weighted by Gasteiger charge is 2.24. The zero-order valence-corrected chi connectivity index (χ0v) is 4.59. The van der Waals surface area contributed by atoms with Gasteiger partial charge in [0.05, 0.1) is 0 Å². The van der Waals surface area contributed by atoms with Gasteiger partial charge in [-0.15, -0.1) is 0 Å². The maximum absolute atomic E-state index is 9.93. The molecule has 0 aliphatic carbocycles. The van der Waals surface area contributed by atoms with Crippen LogP contribution in [0.3, 0.4) is 0 Å². The highest BCUT2D eigenvalue weighted by molar-refractivity contribution is 5.78. The molecule has 0 fully saturated rings. The Labute approximate surface area is 47.3 Å². The normalized spacial score (nSPS) is 16.8. The number of carbonyl (C=O) groups is 1. The highest BCUT2D eigenvalue weighted by Crippen LogP contribution is 2.01. The Kier molecular flexibility index (Phi) is 1.76. The van der Waals surface area contributed by atoms with E-state index in [1.165, 1.54) is 0 Å². The number of aliphatic hydroxyl groups is 1. The van der Waals surface area contributed by atoms with Gasteiger partial charge in [0.15, 0.2) is 5.60 Å². The van der Waals surface area contributed by atoms with Crippen LogP contribution in [0.5, 0.6) is 0 Å². The predicted molar refractivity (Wildman–Crippen MR) is 28.5 cm³/mol. The van der Waals surface area contributed by atoms with Crippen molar-refractivity contribution in [3.8, 4) is 0 Å². The fourth-order valence-corrected chi connectivity index (χ4v) is 0.0873. The molecule has 1 atom stereocenters. The number of carboxylic acids is 1. The van der Waals surface area contributed by atoms with Crippen molar-refractivity contribution in [3.63, 3.8) is 0 Å². The summed E-state index contributed by atoms with van der Waals surface area (Å²) in [5.41, 5.74) is -1.78. The van der Waals surface area contributed by atoms with Gasteiger partial charge in [-0.3, -0.25) is 0 Å². The van der Waals surface area contributed by atoms with E-state index < -0.39 is 11.6 Å². The summed E-state index contributed by atoms with van der Waals surface area (Å²) in [6.07, 6.45) is 0.968. The molecule has 0 bridgehead atoms. The maximum Gasteiger partial charge on any atom is 0.339 e. The Morgan fingerprint density at radius 1 is 1.88 bits per heavy atom. The van der Waals surface area contributed by atoms with Gasteiger partial charge in [0.25, 0.3) is 0 Å². The average Bonchev–Trinajstić information content (AvgIpc) is 1.67. The molecule has 0 saturated carbocycles. The van der Waals surface area contributed by atoms with Crippen LogP contribution in [-0.2, 0) is 4.79 Å². The van der Waals surface area contributed by atoms with E-state index in [0.29, 0.717) is 0 Å². The predicted octanol–water partition coefficient (Wildman–Crippen LogP) is 0.00800. The number of hydrogen-bond acceptors (Lipinski definition) is 2. The van der Waals surface area contributed by atoms with Crippen molar-refractivity contribution >= 4 is 5.97 Å². The molecule has 1 unspecified atom stereocenters. The lowest BCUT2D eigenvalue weighted by Crippen LogP contribution is -2.31. The van der Waals surface area contributed by atoms with Crippen LogP contribution in [0.1, 0.15) is 6.92 Å². The maximum atomic E-state index is 9.93. The van der Waals surface area contributed by atoms with E-state index in [1.807, 2.05) is 0 Å². The summed E-state index contributed by atoms with van der Waals surface area (Å²) in [4.78, 5) is 9.93. The van der Waals surface area contributed by atoms with Gasteiger partial charge >= 0.3 is 5.97 Å². The molecular weight excluding hydrogens is 108 g/mol. The third-order valence-corrected chi connectivity index (χ3v) is 0.830. The van der Waals surface area contributed by atoms with Crippen molar-refractivity contribution in [1.82, 2.24) is 0 Å². The van der Waals surface area contributed by atoms with Crippen LogP contribution in [0, 0.1) is 0 Å². The van der Waals surface area contributed by atoms with Crippen molar-refractivity contribution < 1.29 is 15.0 Å². The minimum Gasteiger partial charge on any atom is -0.479 e. The molecule has 0 rings (SSSR count). The zero-order chi connectivity index (χ0) is 6.78. The second-order valence-electron chi connectivity index (χ2n) is 1.66. The molecule has 0 heterocycles. The minimum absolute atomic E-state index is 0.968. The smallest absolute Gasteiger partial charge is 0.339 e. The molecule has 0 aliphatic heterocycles. The zero-order valence-electron chi connectivity index (χ0n) is 4.59. The Morgan fingerprint density at radius 2 is 2.25 bits per heavy atom. The van der Waals surface area contributed by atoms with E-state index in [1.54, 1.807) is 0 Å². The second-order valence-corrected chi connectivity index (χ2v) is 1.66. The first-order valence-electron chi connectivity index (χ1n) is 2.10. The average molecular weight is 116 g/mol. The quantitative estimate of drug-likeness (QED) is 0.499. The summed E-state index contributed by atoms with van der Waals surface area (Å²) in [7, 11) is 0. The molecule has 0 radical (unpaired) electrons. The molecular formula is C5H8O3. The number of rotatable bonds is 2. The van der Waals surface area contributed by atoms with Crippen LogP contribution in [0.2, 0.25) is 0 Å². The summed E-state index contributed by atoms with van der Waals surface area (Å²) < 4.78 is 0. The third-order valence-electron chi connectivity index (χ3n) is 0.830. The summed E-state index contributed by atoms with van der Waals surface area (Å²) >= 11 is 0. The van der Waals surface area contributed by atoms with Crippen LogP contribution in [0.4, 0.5) is 0 Å². The lowest BCUT2D eigenvalue weighted by atomic mass is 10.1. The van der Waals surface area contributed by atoms with Gasteiger partial charge in [-0.1, -0.05) is 6.58 Å². The fraction of sp³-hybridized carbons (Fsp3) is 0.400. The van der Waals surface area contributed by atoms with Crippen LogP contribution in [0.25, 0.3) is 0 Å². The molecule has 8 heavy (non-hydrogen) atoms. The lowest BCUT2D eigenvalue weighted by Gasteiger charge is -2.09. The Morgan fingerprint density at radius 3 is 2.25 bits per heavy atom. The number of carboxylic acid groups (broad SMARTS) is 1. The van der Waals surface area contributed by atoms with Gasteiger partial charge in [0.2, 0.25) is 0 Å². The molecule has 0 aromatic heterocycles. The van der Waals surface area contributed by atoms with Gasteiger partial charge in [0.1, 0.15) is 0 Å². The Bertz CT molecular complexity index is 115. The first-order chi connectivity index (χ1) is 3.50. The third kappa shape index (κ3) is 1.35. The molecule has 0 aromatic rings. The van der Waals surface area contributed by atoms with E-state index in [0.717, 1.165) is 13.0 Å². The van der Waals surface area contributed by atoms with Crippen molar-refractivity contribution in [2.24, 2.45) is 0 Å². The van der Waals surface area contributed by atoms with Crippen molar-refractivity contribution in [2.75, 3.05) is 0 Å². The number of hydrogen-bond donors (Lipinski definition) is 2. The Hall–Kier alpha value is -0.830.